The van der Waals surface area contributed by atoms with Crippen molar-refractivity contribution >= 4 is 28.6 Å². The fraction of sp³-hybridized carbons (Fsp3) is 0.444. The van der Waals surface area contributed by atoms with E-state index in [1.54, 1.807) is 0 Å². The van der Waals surface area contributed by atoms with Crippen molar-refractivity contribution in [3.63, 3.8) is 0 Å². The minimum absolute atomic E-state index is 0.243. The van der Waals surface area contributed by atoms with Crippen LogP contribution in [0, 0.1) is 13.8 Å². The Morgan fingerprint density at radius 3 is 2.92 bits per heavy atom. The normalized spacial score (nSPS) is 18.0. The van der Waals surface area contributed by atoms with Gasteiger partial charge in [-0.2, -0.15) is 0 Å². The van der Waals surface area contributed by atoms with E-state index in [4.69, 9.17) is 4.98 Å². The Bertz CT molecular complexity index is 811. The van der Waals surface area contributed by atoms with Crippen molar-refractivity contribution < 1.29 is 9.18 Å². The van der Waals surface area contributed by atoms with E-state index in [-0.39, 0.29) is 5.91 Å². The molecule has 24 heavy (non-hydrogen) atoms. The number of imidazole rings is 1. The first kappa shape index (κ1) is 16.5. The highest BCUT2D eigenvalue weighted by Gasteiger charge is 2.24. The molecule has 1 aromatic heterocycles. The monoisotopic (exact) mass is 330 g/mol. The molecule has 0 aliphatic carbocycles. The average Bonchev–Trinajstić information content (AvgIpc) is 2.88. The van der Waals surface area contributed by atoms with Gasteiger partial charge in [0.15, 0.2) is 0 Å². The second kappa shape index (κ2) is 6.26. The number of anilines is 2. The SMILES string of the molecule is C=CC(=O)Nc1c(C)cc2c(nc(N3CCCC(F)C3)n2C)c1C. The standard InChI is InChI=1S/C18H23FN4O/c1-5-15(24)20-16-11(2)9-14-17(12(16)3)21-18(22(14)4)23-8-6-7-13(19)10-23/h5,9,13H,1,6-8,10H2,2-4H3,(H,20,24). The van der Waals surface area contributed by atoms with Crippen LogP contribution in [0.4, 0.5) is 16.0 Å². The fourth-order valence-electron chi connectivity index (χ4n) is 3.39. The maximum Gasteiger partial charge on any atom is 0.247 e. The molecule has 1 aliphatic rings. The predicted octanol–water partition coefficient (Wildman–Crippen LogP) is 3.25. The smallest absolute Gasteiger partial charge is 0.247 e. The van der Waals surface area contributed by atoms with E-state index in [0.29, 0.717) is 13.0 Å². The van der Waals surface area contributed by atoms with Crippen LogP contribution < -0.4 is 10.2 Å². The van der Waals surface area contributed by atoms with Crippen molar-refractivity contribution in [2.75, 3.05) is 23.3 Å². The number of amides is 1. The van der Waals surface area contributed by atoms with Gasteiger partial charge in [0.1, 0.15) is 6.17 Å². The number of carbonyl (C=O) groups is 1. The molecule has 1 atom stereocenters. The van der Waals surface area contributed by atoms with Gasteiger partial charge in [-0.05, 0) is 44.4 Å². The Hall–Kier alpha value is -2.37. The largest absolute Gasteiger partial charge is 0.339 e. The molecular formula is C18H23FN4O. The second-order valence-electron chi connectivity index (χ2n) is 6.41. The van der Waals surface area contributed by atoms with Crippen LogP contribution in [0.15, 0.2) is 18.7 Å². The Kier molecular flexibility index (Phi) is 4.30. The molecule has 1 fully saturated rings. The van der Waals surface area contributed by atoms with E-state index >= 15 is 0 Å². The van der Waals surface area contributed by atoms with Crippen LogP contribution in [0.1, 0.15) is 24.0 Å². The molecule has 0 spiro atoms. The van der Waals surface area contributed by atoms with Gasteiger partial charge < -0.3 is 14.8 Å². The van der Waals surface area contributed by atoms with Gasteiger partial charge in [-0.15, -0.1) is 0 Å². The van der Waals surface area contributed by atoms with Gasteiger partial charge in [0.2, 0.25) is 11.9 Å². The number of alkyl halides is 1. The van der Waals surface area contributed by atoms with Crippen molar-refractivity contribution in [2.24, 2.45) is 7.05 Å². The number of fused-ring (bicyclic) bond motifs is 1. The van der Waals surface area contributed by atoms with Gasteiger partial charge in [0.25, 0.3) is 0 Å². The Balaban J connectivity index is 2.08. The van der Waals surface area contributed by atoms with E-state index in [1.165, 1.54) is 6.08 Å². The number of benzene rings is 1. The molecule has 5 nitrogen and oxygen atoms in total. The van der Waals surface area contributed by atoms with Gasteiger partial charge in [-0.25, -0.2) is 9.37 Å². The fourth-order valence-corrected chi connectivity index (χ4v) is 3.39. The lowest BCUT2D eigenvalue weighted by Crippen LogP contribution is -2.37. The molecule has 0 radical (unpaired) electrons. The zero-order valence-corrected chi connectivity index (χ0v) is 14.4. The quantitative estimate of drug-likeness (QED) is 0.879. The summed E-state index contributed by atoms with van der Waals surface area (Å²) in [6.45, 7) is 8.59. The maximum absolute atomic E-state index is 13.8. The van der Waals surface area contributed by atoms with E-state index in [2.05, 4.69) is 11.9 Å². The number of carbonyl (C=O) groups excluding carboxylic acids is 1. The number of halogens is 1. The third-order valence-corrected chi connectivity index (χ3v) is 4.67. The second-order valence-corrected chi connectivity index (χ2v) is 6.41. The van der Waals surface area contributed by atoms with E-state index in [1.807, 2.05) is 36.4 Å². The highest BCUT2D eigenvalue weighted by atomic mass is 19.1. The summed E-state index contributed by atoms with van der Waals surface area (Å²) >= 11 is 0. The lowest BCUT2D eigenvalue weighted by Gasteiger charge is -2.29. The highest BCUT2D eigenvalue weighted by molar-refractivity contribution is 6.02. The van der Waals surface area contributed by atoms with Crippen LogP contribution in [-0.2, 0) is 11.8 Å². The molecule has 1 saturated heterocycles. The summed E-state index contributed by atoms with van der Waals surface area (Å²) in [7, 11) is 1.95. The van der Waals surface area contributed by atoms with Crippen molar-refractivity contribution in [2.45, 2.75) is 32.9 Å². The first-order chi connectivity index (χ1) is 11.4. The van der Waals surface area contributed by atoms with E-state index in [9.17, 15) is 9.18 Å². The summed E-state index contributed by atoms with van der Waals surface area (Å²) in [6.07, 6.45) is 1.91. The molecule has 2 aromatic rings. The Morgan fingerprint density at radius 2 is 2.25 bits per heavy atom. The maximum atomic E-state index is 13.8. The van der Waals surface area contributed by atoms with Crippen LogP contribution >= 0.6 is 0 Å². The molecule has 6 heteroatoms. The van der Waals surface area contributed by atoms with Crippen LogP contribution in [0.3, 0.4) is 0 Å². The van der Waals surface area contributed by atoms with Gasteiger partial charge in [-0.3, -0.25) is 4.79 Å². The number of hydrogen-bond acceptors (Lipinski definition) is 3. The van der Waals surface area contributed by atoms with Crippen LogP contribution in [0.5, 0.6) is 0 Å². The van der Waals surface area contributed by atoms with Gasteiger partial charge >= 0.3 is 0 Å². The lowest BCUT2D eigenvalue weighted by atomic mass is 10.1. The van der Waals surface area contributed by atoms with Crippen LogP contribution in [0.2, 0.25) is 0 Å². The van der Waals surface area contributed by atoms with Crippen molar-refractivity contribution in [3.8, 4) is 0 Å². The third kappa shape index (κ3) is 2.77. The topological polar surface area (TPSA) is 50.2 Å². The van der Waals surface area contributed by atoms with E-state index < -0.39 is 6.17 Å². The summed E-state index contributed by atoms with van der Waals surface area (Å²) < 4.78 is 15.8. The number of aromatic nitrogens is 2. The van der Waals surface area contributed by atoms with Crippen LogP contribution in [-0.4, -0.2) is 34.7 Å². The van der Waals surface area contributed by atoms with Gasteiger partial charge in [-0.1, -0.05) is 6.58 Å². The highest BCUT2D eigenvalue weighted by Crippen LogP contribution is 2.32. The van der Waals surface area contributed by atoms with Crippen molar-refractivity contribution in [1.82, 2.24) is 9.55 Å². The average molecular weight is 330 g/mol. The van der Waals surface area contributed by atoms with Crippen molar-refractivity contribution in [1.29, 1.82) is 0 Å². The molecule has 1 unspecified atom stereocenters. The Labute approximate surface area is 141 Å². The molecule has 2 heterocycles. The lowest BCUT2D eigenvalue weighted by molar-refractivity contribution is -0.111. The first-order valence-corrected chi connectivity index (χ1v) is 8.21. The minimum atomic E-state index is -0.802. The van der Waals surface area contributed by atoms with Gasteiger partial charge in [0.05, 0.1) is 17.6 Å². The number of hydrogen-bond donors (Lipinski definition) is 1. The molecule has 1 N–H and O–H groups in total. The van der Waals surface area contributed by atoms with Crippen molar-refractivity contribution in [3.05, 3.63) is 29.8 Å². The summed E-state index contributed by atoms with van der Waals surface area (Å²) in [5.74, 6) is 0.537. The number of piperidine rings is 1. The molecule has 1 aromatic carbocycles. The van der Waals surface area contributed by atoms with Gasteiger partial charge in [0, 0.05) is 24.8 Å². The number of nitrogens with zero attached hydrogens (tertiary/aromatic N) is 3. The van der Waals surface area contributed by atoms with Crippen LogP contribution in [0.25, 0.3) is 11.0 Å². The first-order valence-electron chi connectivity index (χ1n) is 8.21. The summed E-state index contributed by atoms with van der Waals surface area (Å²) in [4.78, 5) is 18.4. The number of rotatable bonds is 3. The molecule has 0 saturated carbocycles. The minimum Gasteiger partial charge on any atom is -0.339 e. The predicted molar refractivity (Wildman–Crippen MR) is 95.4 cm³/mol. The molecule has 0 bridgehead atoms. The summed E-state index contributed by atoms with van der Waals surface area (Å²) in [6, 6.07) is 2.01. The number of aryl methyl sites for hydroxylation is 3. The zero-order chi connectivity index (χ0) is 17.4. The number of nitrogens with one attached hydrogen (secondary N) is 1. The Morgan fingerprint density at radius 1 is 1.50 bits per heavy atom. The molecule has 3 rings (SSSR count). The molecule has 128 valence electrons. The third-order valence-electron chi connectivity index (χ3n) is 4.67. The molecular weight excluding hydrogens is 307 g/mol. The van der Waals surface area contributed by atoms with E-state index in [0.717, 1.165) is 46.8 Å². The summed E-state index contributed by atoms with van der Waals surface area (Å²) in [5, 5.41) is 2.86. The molecule has 1 amide bonds. The molecule has 1 aliphatic heterocycles. The summed E-state index contributed by atoms with van der Waals surface area (Å²) in [5.41, 5.74) is 4.46. The zero-order valence-electron chi connectivity index (χ0n) is 14.4.